The fourth-order valence-electron chi connectivity index (χ4n) is 2.69. The topological polar surface area (TPSA) is 46.5 Å². The molecular formula is C14H18O3. The van der Waals surface area contributed by atoms with Gasteiger partial charge in [-0.15, -0.1) is 0 Å². The predicted octanol–water partition coefficient (Wildman–Crippen LogP) is 2.88. The second kappa shape index (κ2) is 4.78. The van der Waals surface area contributed by atoms with Crippen molar-refractivity contribution in [2.75, 3.05) is 7.11 Å². The van der Waals surface area contributed by atoms with E-state index in [9.17, 15) is 9.90 Å². The molecule has 0 unspecified atom stereocenters. The Kier molecular flexibility index (Phi) is 3.36. The molecule has 1 aliphatic carbocycles. The molecule has 2 rings (SSSR count). The summed E-state index contributed by atoms with van der Waals surface area (Å²) in [7, 11) is 1.63. The van der Waals surface area contributed by atoms with Crippen LogP contribution in [0.4, 0.5) is 0 Å². The minimum Gasteiger partial charge on any atom is -0.497 e. The van der Waals surface area contributed by atoms with Crippen LogP contribution >= 0.6 is 0 Å². The zero-order valence-corrected chi connectivity index (χ0v) is 10.1. The van der Waals surface area contributed by atoms with Crippen molar-refractivity contribution >= 4 is 5.97 Å². The smallest absolute Gasteiger partial charge is 0.309 e. The summed E-state index contributed by atoms with van der Waals surface area (Å²) in [6.07, 6.45) is 4.24. The Morgan fingerprint density at radius 3 is 2.71 bits per heavy atom. The molecule has 1 aliphatic rings. The molecule has 1 aromatic carbocycles. The average molecular weight is 234 g/mol. The summed E-state index contributed by atoms with van der Waals surface area (Å²) in [4.78, 5) is 11.5. The van der Waals surface area contributed by atoms with E-state index in [1.165, 1.54) is 0 Å². The lowest BCUT2D eigenvalue weighted by atomic mass is 9.80. The van der Waals surface area contributed by atoms with E-state index < -0.39 is 11.4 Å². The lowest BCUT2D eigenvalue weighted by molar-refractivity contribution is -0.148. The van der Waals surface area contributed by atoms with E-state index in [4.69, 9.17) is 4.74 Å². The summed E-state index contributed by atoms with van der Waals surface area (Å²) in [5.74, 6) is 0.138. The number of methoxy groups -OCH3 is 1. The SMILES string of the molecule is COc1cccc(CC2(C(=O)O)CCCC2)c1. The van der Waals surface area contributed by atoms with Crippen molar-refractivity contribution in [3.63, 3.8) is 0 Å². The van der Waals surface area contributed by atoms with E-state index in [-0.39, 0.29) is 0 Å². The maximum Gasteiger partial charge on any atom is 0.309 e. The third-order valence-electron chi connectivity index (χ3n) is 3.69. The molecule has 1 N–H and O–H groups in total. The van der Waals surface area contributed by atoms with Crippen LogP contribution in [0.5, 0.6) is 5.75 Å². The molecule has 17 heavy (non-hydrogen) atoms. The van der Waals surface area contributed by atoms with Crippen LogP contribution in [0.3, 0.4) is 0 Å². The number of aliphatic carboxylic acids is 1. The minimum absolute atomic E-state index is 0.549. The van der Waals surface area contributed by atoms with Crippen LogP contribution in [0.25, 0.3) is 0 Å². The Labute approximate surface area is 101 Å². The summed E-state index contributed by atoms with van der Waals surface area (Å²) < 4.78 is 5.17. The third-order valence-corrected chi connectivity index (χ3v) is 3.69. The summed E-state index contributed by atoms with van der Waals surface area (Å²) >= 11 is 0. The molecule has 1 aromatic rings. The van der Waals surface area contributed by atoms with Crippen molar-refractivity contribution in [3.05, 3.63) is 29.8 Å². The van der Waals surface area contributed by atoms with Gasteiger partial charge in [0.25, 0.3) is 0 Å². The fourth-order valence-corrected chi connectivity index (χ4v) is 2.69. The van der Waals surface area contributed by atoms with Crippen LogP contribution in [0, 0.1) is 5.41 Å². The van der Waals surface area contributed by atoms with Crippen molar-refractivity contribution < 1.29 is 14.6 Å². The molecular weight excluding hydrogens is 216 g/mol. The maximum atomic E-state index is 11.5. The molecule has 3 nitrogen and oxygen atoms in total. The molecule has 0 amide bonds. The van der Waals surface area contributed by atoms with Crippen molar-refractivity contribution in [2.45, 2.75) is 32.1 Å². The second-order valence-corrected chi connectivity index (χ2v) is 4.82. The normalized spacial score (nSPS) is 17.9. The summed E-state index contributed by atoms with van der Waals surface area (Å²) in [5.41, 5.74) is 0.500. The average Bonchev–Trinajstić information content (AvgIpc) is 2.79. The highest BCUT2D eigenvalue weighted by molar-refractivity contribution is 5.75. The number of carboxylic acids is 1. The minimum atomic E-state index is -0.655. The monoisotopic (exact) mass is 234 g/mol. The highest BCUT2D eigenvalue weighted by Crippen LogP contribution is 2.41. The van der Waals surface area contributed by atoms with Gasteiger partial charge in [-0.05, 0) is 37.0 Å². The van der Waals surface area contributed by atoms with E-state index in [1.54, 1.807) is 7.11 Å². The van der Waals surface area contributed by atoms with Gasteiger partial charge >= 0.3 is 5.97 Å². The fraction of sp³-hybridized carbons (Fsp3) is 0.500. The molecule has 0 bridgehead atoms. The summed E-state index contributed by atoms with van der Waals surface area (Å²) in [6.45, 7) is 0. The summed E-state index contributed by atoms with van der Waals surface area (Å²) in [6, 6.07) is 7.71. The first-order valence-corrected chi connectivity index (χ1v) is 6.03. The summed E-state index contributed by atoms with van der Waals surface area (Å²) in [5, 5.41) is 9.42. The molecule has 92 valence electrons. The van der Waals surface area contributed by atoms with Crippen molar-refractivity contribution in [2.24, 2.45) is 5.41 Å². The number of carboxylic acid groups (broad SMARTS) is 1. The molecule has 3 heteroatoms. The lowest BCUT2D eigenvalue weighted by Gasteiger charge is -2.23. The van der Waals surface area contributed by atoms with E-state index in [1.807, 2.05) is 24.3 Å². The third kappa shape index (κ3) is 2.43. The molecule has 0 aromatic heterocycles. The molecule has 1 saturated carbocycles. The standard InChI is InChI=1S/C14H18O3/c1-17-12-6-4-5-11(9-12)10-14(13(15)16)7-2-3-8-14/h4-6,9H,2-3,7-8,10H2,1H3,(H,15,16). The van der Waals surface area contributed by atoms with E-state index in [2.05, 4.69) is 0 Å². The van der Waals surface area contributed by atoms with Gasteiger partial charge < -0.3 is 9.84 Å². The molecule has 0 aliphatic heterocycles. The van der Waals surface area contributed by atoms with Gasteiger partial charge in [0.1, 0.15) is 5.75 Å². The Morgan fingerprint density at radius 1 is 1.41 bits per heavy atom. The first-order valence-electron chi connectivity index (χ1n) is 6.03. The number of benzene rings is 1. The maximum absolute atomic E-state index is 11.5. The number of ether oxygens (including phenoxy) is 1. The van der Waals surface area contributed by atoms with Crippen LogP contribution < -0.4 is 4.74 Å². The van der Waals surface area contributed by atoms with Crippen LogP contribution in [0.1, 0.15) is 31.2 Å². The molecule has 0 atom stereocenters. The van der Waals surface area contributed by atoms with Crippen molar-refractivity contribution in [1.82, 2.24) is 0 Å². The van der Waals surface area contributed by atoms with Gasteiger partial charge in [-0.2, -0.15) is 0 Å². The van der Waals surface area contributed by atoms with Gasteiger partial charge in [0, 0.05) is 0 Å². The van der Waals surface area contributed by atoms with Crippen LogP contribution in [-0.2, 0) is 11.2 Å². The van der Waals surface area contributed by atoms with E-state index in [0.29, 0.717) is 6.42 Å². The second-order valence-electron chi connectivity index (χ2n) is 4.82. The molecule has 0 saturated heterocycles. The van der Waals surface area contributed by atoms with Crippen LogP contribution in [0.15, 0.2) is 24.3 Å². The van der Waals surface area contributed by atoms with Crippen molar-refractivity contribution in [1.29, 1.82) is 0 Å². The van der Waals surface area contributed by atoms with E-state index >= 15 is 0 Å². The Balaban J connectivity index is 2.20. The molecule has 0 heterocycles. The highest BCUT2D eigenvalue weighted by atomic mass is 16.5. The number of hydrogen-bond acceptors (Lipinski definition) is 2. The predicted molar refractivity (Wildman–Crippen MR) is 65.2 cm³/mol. The molecule has 1 fully saturated rings. The zero-order valence-electron chi connectivity index (χ0n) is 10.1. The lowest BCUT2D eigenvalue weighted by Crippen LogP contribution is -2.30. The molecule has 0 radical (unpaired) electrons. The van der Waals surface area contributed by atoms with Gasteiger partial charge in [0.2, 0.25) is 0 Å². The van der Waals surface area contributed by atoms with Gasteiger partial charge in [-0.1, -0.05) is 25.0 Å². The molecule has 0 spiro atoms. The van der Waals surface area contributed by atoms with Gasteiger partial charge in [-0.25, -0.2) is 0 Å². The Hall–Kier alpha value is -1.51. The zero-order chi connectivity index (χ0) is 12.3. The first kappa shape index (κ1) is 12.0. The van der Waals surface area contributed by atoms with Crippen molar-refractivity contribution in [3.8, 4) is 5.75 Å². The quantitative estimate of drug-likeness (QED) is 0.871. The van der Waals surface area contributed by atoms with Crippen LogP contribution in [-0.4, -0.2) is 18.2 Å². The highest BCUT2D eigenvalue weighted by Gasteiger charge is 2.41. The van der Waals surface area contributed by atoms with E-state index in [0.717, 1.165) is 37.0 Å². The van der Waals surface area contributed by atoms with Gasteiger partial charge in [0.15, 0.2) is 0 Å². The number of carbonyl (C=O) groups is 1. The van der Waals surface area contributed by atoms with Crippen LogP contribution in [0.2, 0.25) is 0 Å². The van der Waals surface area contributed by atoms with Gasteiger partial charge in [-0.3, -0.25) is 4.79 Å². The Morgan fingerprint density at radius 2 is 2.12 bits per heavy atom. The first-order chi connectivity index (χ1) is 8.16. The number of hydrogen-bond donors (Lipinski definition) is 1. The Bertz CT molecular complexity index is 406. The largest absolute Gasteiger partial charge is 0.497 e. The number of rotatable bonds is 4. The van der Waals surface area contributed by atoms with Gasteiger partial charge in [0.05, 0.1) is 12.5 Å².